The molecule has 0 fully saturated rings. The van der Waals surface area contributed by atoms with Crippen molar-refractivity contribution < 1.29 is 0 Å². The average Bonchev–Trinajstić information content (AvgIpc) is 2.47. The van der Waals surface area contributed by atoms with Crippen molar-refractivity contribution in [1.29, 1.82) is 0 Å². The summed E-state index contributed by atoms with van der Waals surface area (Å²) >= 11 is 7.24. The second-order valence-electron chi connectivity index (χ2n) is 5.25. The Bertz CT molecular complexity index is 659. The first-order chi connectivity index (χ1) is 9.72. The fourth-order valence-electron chi connectivity index (χ4n) is 2.53. The summed E-state index contributed by atoms with van der Waals surface area (Å²) in [6, 6.07) is 8.61. The Morgan fingerprint density at radius 2 is 1.95 bits per heavy atom. The molecular weight excluding hydrogens is 284 g/mol. The van der Waals surface area contributed by atoms with Gasteiger partial charge in [0, 0.05) is 16.2 Å². The number of aromatic amines is 1. The largest absolute Gasteiger partial charge is 0.346 e. The summed E-state index contributed by atoms with van der Waals surface area (Å²) in [6.07, 6.45) is 4.70. The lowest BCUT2D eigenvalue weighted by Crippen LogP contribution is -2.09. The number of aromatic nitrogens is 2. The molecular formula is C16H18N2S2. The monoisotopic (exact) mass is 302 g/mol. The predicted molar refractivity (Wildman–Crippen MR) is 86.8 cm³/mol. The van der Waals surface area contributed by atoms with E-state index in [2.05, 4.69) is 41.2 Å². The van der Waals surface area contributed by atoms with Crippen LogP contribution in [0.15, 0.2) is 29.2 Å². The highest BCUT2D eigenvalue weighted by molar-refractivity contribution is 7.98. The lowest BCUT2D eigenvalue weighted by atomic mass is 9.97. The summed E-state index contributed by atoms with van der Waals surface area (Å²) in [7, 11) is 0. The molecule has 2 nitrogen and oxygen atoms in total. The molecule has 0 amide bonds. The molecule has 1 aromatic carbocycles. The highest BCUT2D eigenvalue weighted by Gasteiger charge is 2.13. The summed E-state index contributed by atoms with van der Waals surface area (Å²) in [6.45, 7) is 2.11. The normalized spacial score (nSPS) is 14.1. The van der Waals surface area contributed by atoms with Crippen molar-refractivity contribution in [1.82, 2.24) is 9.97 Å². The maximum atomic E-state index is 5.43. The number of aryl methyl sites for hydroxylation is 2. The van der Waals surface area contributed by atoms with Gasteiger partial charge in [0.05, 0.1) is 5.75 Å². The van der Waals surface area contributed by atoms with Crippen molar-refractivity contribution in [2.45, 2.75) is 43.3 Å². The molecule has 1 heterocycles. The number of benzene rings is 1. The number of hydrogen-bond donors (Lipinski definition) is 1. The first-order valence-electron chi connectivity index (χ1n) is 7.03. The van der Waals surface area contributed by atoms with E-state index in [0.717, 1.165) is 29.1 Å². The number of nitrogens with one attached hydrogen (secondary N) is 1. The number of rotatable bonds is 3. The van der Waals surface area contributed by atoms with Gasteiger partial charge in [0.15, 0.2) is 0 Å². The molecule has 0 radical (unpaired) electrons. The van der Waals surface area contributed by atoms with Crippen LogP contribution in [0.5, 0.6) is 0 Å². The summed E-state index contributed by atoms with van der Waals surface area (Å²) in [4.78, 5) is 9.32. The van der Waals surface area contributed by atoms with Gasteiger partial charge in [-0.05, 0) is 44.7 Å². The van der Waals surface area contributed by atoms with E-state index in [0.29, 0.717) is 0 Å². The Hall–Kier alpha value is -1.13. The zero-order chi connectivity index (χ0) is 13.9. The van der Waals surface area contributed by atoms with Crippen molar-refractivity contribution in [3.63, 3.8) is 0 Å². The van der Waals surface area contributed by atoms with E-state index in [-0.39, 0.29) is 0 Å². The van der Waals surface area contributed by atoms with Crippen LogP contribution < -0.4 is 0 Å². The first-order valence-corrected chi connectivity index (χ1v) is 8.42. The maximum absolute atomic E-state index is 5.43. The Morgan fingerprint density at radius 1 is 1.20 bits per heavy atom. The zero-order valence-corrected chi connectivity index (χ0v) is 13.2. The molecule has 0 bridgehead atoms. The van der Waals surface area contributed by atoms with Crippen LogP contribution in [0.2, 0.25) is 0 Å². The van der Waals surface area contributed by atoms with Crippen LogP contribution in [0.3, 0.4) is 0 Å². The molecule has 0 spiro atoms. The standard InChI is InChI=1S/C16H18N2S2/c1-11-6-8-12(9-7-11)20-10-15-17-14-5-3-2-4-13(14)16(19)18-15/h6-9H,2-5,10H2,1H3,(H,17,18,19). The second kappa shape index (κ2) is 6.10. The van der Waals surface area contributed by atoms with E-state index in [1.165, 1.54) is 34.6 Å². The summed E-state index contributed by atoms with van der Waals surface area (Å²) < 4.78 is 0.804. The molecule has 0 saturated heterocycles. The molecule has 104 valence electrons. The number of hydrogen-bond acceptors (Lipinski definition) is 3. The van der Waals surface area contributed by atoms with E-state index >= 15 is 0 Å². The Morgan fingerprint density at radius 3 is 2.75 bits per heavy atom. The van der Waals surface area contributed by atoms with E-state index in [9.17, 15) is 0 Å². The maximum Gasteiger partial charge on any atom is 0.133 e. The lowest BCUT2D eigenvalue weighted by Gasteiger charge is -2.16. The molecule has 0 aliphatic heterocycles. The molecule has 3 rings (SSSR count). The van der Waals surface area contributed by atoms with Crippen molar-refractivity contribution in [3.8, 4) is 0 Å². The van der Waals surface area contributed by atoms with Gasteiger partial charge >= 0.3 is 0 Å². The minimum absolute atomic E-state index is 0.804. The number of H-pyrrole nitrogens is 1. The quantitative estimate of drug-likeness (QED) is 0.662. The molecule has 1 aromatic heterocycles. The number of nitrogens with zero attached hydrogens (tertiary/aromatic N) is 1. The minimum atomic E-state index is 0.804. The van der Waals surface area contributed by atoms with Gasteiger partial charge in [-0.3, -0.25) is 0 Å². The molecule has 0 atom stereocenters. The smallest absolute Gasteiger partial charge is 0.133 e. The van der Waals surface area contributed by atoms with Gasteiger partial charge in [-0.15, -0.1) is 11.8 Å². The van der Waals surface area contributed by atoms with Crippen molar-refractivity contribution in [2.24, 2.45) is 0 Å². The lowest BCUT2D eigenvalue weighted by molar-refractivity contribution is 0.655. The first kappa shape index (κ1) is 13.8. The summed E-state index contributed by atoms with van der Waals surface area (Å²) in [5.74, 6) is 1.85. The van der Waals surface area contributed by atoms with Crippen molar-refractivity contribution in [2.75, 3.05) is 0 Å². The molecule has 1 aliphatic carbocycles. The fourth-order valence-corrected chi connectivity index (χ4v) is 3.63. The molecule has 1 aliphatic rings. The van der Waals surface area contributed by atoms with E-state index in [1.807, 2.05) is 0 Å². The highest BCUT2D eigenvalue weighted by Crippen LogP contribution is 2.24. The van der Waals surface area contributed by atoms with Crippen LogP contribution in [0, 0.1) is 11.6 Å². The number of fused-ring (bicyclic) bond motifs is 1. The highest BCUT2D eigenvalue weighted by atomic mass is 32.2. The third kappa shape index (κ3) is 3.13. The van der Waals surface area contributed by atoms with Crippen molar-refractivity contribution in [3.05, 3.63) is 51.6 Å². The molecule has 4 heteroatoms. The SMILES string of the molecule is Cc1ccc(SCc2nc(=S)c3c([nH]2)CCCC3)cc1. The zero-order valence-electron chi connectivity index (χ0n) is 11.6. The Kier molecular flexibility index (Phi) is 4.22. The number of thioether (sulfide) groups is 1. The predicted octanol–water partition coefficient (Wildman–Crippen LogP) is 4.62. The van der Waals surface area contributed by atoms with Gasteiger partial charge in [0.2, 0.25) is 0 Å². The van der Waals surface area contributed by atoms with Gasteiger partial charge in [-0.1, -0.05) is 29.9 Å². The van der Waals surface area contributed by atoms with Crippen LogP contribution in [0.1, 0.15) is 35.5 Å². The third-order valence-corrected chi connectivity index (χ3v) is 5.02. The second-order valence-corrected chi connectivity index (χ2v) is 6.69. The molecule has 2 aromatic rings. The molecule has 1 N–H and O–H groups in total. The van der Waals surface area contributed by atoms with E-state index in [1.54, 1.807) is 11.8 Å². The topological polar surface area (TPSA) is 28.7 Å². The third-order valence-electron chi connectivity index (χ3n) is 3.65. The molecule has 0 saturated carbocycles. The average molecular weight is 302 g/mol. The van der Waals surface area contributed by atoms with Crippen LogP contribution in [-0.4, -0.2) is 9.97 Å². The Labute approximate surface area is 129 Å². The van der Waals surface area contributed by atoms with Crippen LogP contribution >= 0.6 is 24.0 Å². The summed E-state index contributed by atoms with van der Waals surface area (Å²) in [5.41, 5.74) is 3.88. The van der Waals surface area contributed by atoms with Gasteiger partial charge < -0.3 is 4.98 Å². The van der Waals surface area contributed by atoms with E-state index < -0.39 is 0 Å². The van der Waals surface area contributed by atoms with Crippen molar-refractivity contribution >= 4 is 24.0 Å². The van der Waals surface area contributed by atoms with Crippen LogP contribution in [-0.2, 0) is 18.6 Å². The van der Waals surface area contributed by atoms with Gasteiger partial charge in [0.25, 0.3) is 0 Å². The van der Waals surface area contributed by atoms with Gasteiger partial charge in [-0.2, -0.15) is 0 Å². The fraction of sp³-hybridized carbons (Fsp3) is 0.375. The van der Waals surface area contributed by atoms with Gasteiger partial charge in [-0.25, -0.2) is 4.98 Å². The molecule has 0 unspecified atom stereocenters. The van der Waals surface area contributed by atoms with Gasteiger partial charge in [0.1, 0.15) is 10.5 Å². The molecule has 20 heavy (non-hydrogen) atoms. The Balaban J connectivity index is 1.76. The van der Waals surface area contributed by atoms with Crippen LogP contribution in [0.25, 0.3) is 0 Å². The van der Waals surface area contributed by atoms with E-state index in [4.69, 9.17) is 12.2 Å². The summed E-state index contributed by atoms with van der Waals surface area (Å²) in [5, 5.41) is 0. The minimum Gasteiger partial charge on any atom is -0.346 e. The van der Waals surface area contributed by atoms with Crippen LogP contribution in [0.4, 0.5) is 0 Å².